The predicted molar refractivity (Wildman–Crippen MR) is 81.2 cm³/mol. The minimum Gasteiger partial charge on any atom is -0.481 e. The standard InChI is InChI=1S/C17H21NO3/c1-2-5-16(19)15-8-9-18(12-15)11-14-7-4-3-6-13(14)10-17(20)21/h3-4,6-9,12,16,19H,2,5,10-11H2,1H3,(H,20,21). The third kappa shape index (κ3) is 4.20. The molecule has 2 aromatic rings. The molecular weight excluding hydrogens is 266 g/mol. The van der Waals surface area contributed by atoms with E-state index in [0.717, 1.165) is 29.5 Å². The van der Waals surface area contributed by atoms with Crippen molar-refractivity contribution in [1.29, 1.82) is 0 Å². The molecule has 0 aliphatic rings. The first-order valence-corrected chi connectivity index (χ1v) is 7.22. The second-order valence-corrected chi connectivity index (χ2v) is 5.26. The fourth-order valence-electron chi connectivity index (χ4n) is 2.44. The van der Waals surface area contributed by atoms with Crippen LogP contribution in [0, 0.1) is 0 Å². The van der Waals surface area contributed by atoms with Crippen molar-refractivity contribution in [3.8, 4) is 0 Å². The van der Waals surface area contributed by atoms with Crippen molar-refractivity contribution >= 4 is 5.97 Å². The number of aliphatic hydroxyl groups is 1. The van der Waals surface area contributed by atoms with Crippen LogP contribution in [0.3, 0.4) is 0 Å². The third-order valence-corrected chi connectivity index (χ3v) is 3.53. The molecule has 0 saturated carbocycles. The number of hydrogen-bond donors (Lipinski definition) is 2. The van der Waals surface area contributed by atoms with Gasteiger partial charge in [-0.3, -0.25) is 4.79 Å². The lowest BCUT2D eigenvalue weighted by Crippen LogP contribution is -2.06. The van der Waals surface area contributed by atoms with E-state index in [1.807, 2.05) is 54.2 Å². The van der Waals surface area contributed by atoms with Crippen LogP contribution in [0.25, 0.3) is 0 Å². The molecule has 2 N–H and O–H groups in total. The number of aliphatic carboxylic acids is 1. The van der Waals surface area contributed by atoms with E-state index in [2.05, 4.69) is 0 Å². The zero-order valence-electron chi connectivity index (χ0n) is 12.2. The van der Waals surface area contributed by atoms with Gasteiger partial charge in [-0.05, 0) is 29.2 Å². The fourth-order valence-corrected chi connectivity index (χ4v) is 2.44. The highest BCUT2D eigenvalue weighted by atomic mass is 16.4. The molecule has 4 nitrogen and oxygen atoms in total. The summed E-state index contributed by atoms with van der Waals surface area (Å²) in [4.78, 5) is 10.9. The number of benzene rings is 1. The van der Waals surface area contributed by atoms with Crippen molar-refractivity contribution in [3.63, 3.8) is 0 Å². The summed E-state index contributed by atoms with van der Waals surface area (Å²) >= 11 is 0. The molecule has 0 spiro atoms. The van der Waals surface area contributed by atoms with Gasteiger partial charge in [0.1, 0.15) is 0 Å². The molecule has 0 amide bonds. The summed E-state index contributed by atoms with van der Waals surface area (Å²) in [6.45, 7) is 2.66. The summed E-state index contributed by atoms with van der Waals surface area (Å²) in [6, 6.07) is 9.48. The van der Waals surface area contributed by atoms with E-state index >= 15 is 0 Å². The average molecular weight is 287 g/mol. The van der Waals surface area contributed by atoms with E-state index in [0.29, 0.717) is 6.54 Å². The lowest BCUT2D eigenvalue weighted by Gasteiger charge is -2.09. The number of nitrogens with zero attached hydrogens (tertiary/aromatic N) is 1. The Labute approximate surface area is 124 Å². The number of carboxylic acids is 1. The monoisotopic (exact) mass is 287 g/mol. The fraction of sp³-hybridized carbons (Fsp3) is 0.353. The van der Waals surface area contributed by atoms with Gasteiger partial charge in [-0.15, -0.1) is 0 Å². The Kier molecular flexibility index (Phi) is 5.17. The van der Waals surface area contributed by atoms with Gasteiger partial charge >= 0.3 is 5.97 Å². The maximum Gasteiger partial charge on any atom is 0.307 e. The maximum atomic E-state index is 10.9. The summed E-state index contributed by atoms with van der Waals surface area (Å²) in [5, 5.41) is 18.9. The predicted octanol–water partition coefficient (Wildman–Crippen LogP) is 3.00. The number of carboxylic acid groups (broad SMARTS) is 1. The summed E-state index contributed by atoms with van der Waals surface area (Å²) < 4.78 is 1.98. The molecule has 4 heteroatoms. The van der Waals surface area contributed by atoms with E-state index in [4.69, 9.17) is 5.11 Å². The van der Waals surface area contributed by atoms with Crippen LogP contribution in [0.2, 0.25) is 0 Å². The molecule has 2 rings (SSSR count). The highest BCUT2D eigenvalue weighted by Crippen LogP contribution is 2.19. The maximum absolute atomic E-state index is 10.9. The van der Waals surface area contributed by atoms with Gasteiger partial charge in [-0.25, -0.2) is 0 Å². The largest absolute Gasteiger partial charge is 0.481 e. The van der Waals surface area contributed by atoms with Gasteiger partial charge in [0.05, 0.1) is 12.5 Å². The molecule has 1 aromatic carbocycles. The first kappa shape index (κ1) is 15.3. The quantitative estimate of drug-likeness (QED) is 0.823. The number of aliphatic hydroxyl groups excluding tert-OH is 1. The Bertz CT molecular complexity index is 604. The normalized spacial score (nSPS) is 12.3. The van der Waals surface area contributed by atoms with Crippen LogP contribution in [-0.2, 0) is 17.8 Å². The van der Waals surface area contributed by atoms with Crippen LogP contribution in [-0.4, -0.2) is 20.7 Å². The Morgan fingerprint density at radius 3 is 2.62 bits per heavy atom. The van der Waals surface area contributed by atoms with Crippen molar-refractivity contribution in [2.24, 2.45) is 0 Å². The van der Waals surface area contributed by atoms with Crippen LogP contribution in [0.4, 0.5) is 0 Å². The van der Waals surface area contributed by atoms with E-state index < -0.39 is 12.1 Å². The van der Waals surface area contributed by atoms with Crippen molar-refractivity contribution in [2.75, 3.05) is 0 Å². The number of aromatic nitrogens is 1. The highest BCUT2D eigenvalue weighted by molar-refractivity contribution is 5.70. The third-order valence-electron chi connectivity index (χ3n) is 3.53. The molecule has 0 radical (unpaired) electrons. The van der Waals surface area contributed by atoms with E-state index in [9.17, 15) is 9.90 Å². The molecule has 0 saturated heterocycles. The van der Waals surface area contributed by atoms with Gasteiger partial charge in [-0.1, -0.05) is 37.6 Å². The summed E-state index contributed by atoms with van der Waals surface area (Å²) in [7, 11) is 0. The minimum atomic E-state index is -0.825. The second-order valence-electron chi connectivity index (χ2n) is 5.26. The van der Waals surface area contributed by atoms with Gasteiger partial charge in [0, 0.05) is 18.9 Å². The van der Waals surface area contributed by atoms with Crippen LogP contribution < -0.4 is 0 Å². The van der Waals surface area contributed by atoms with Gasteiger partial charge in [-0.2, -0.15) is 0 Å². The highest BCUT2D eigenvalue weighted by Gasteiger charge is 2.10. The zero-order valence-corrected chi connectivity index (χ0v) is 12.2. The van der Waals surface area contributed by atoms with Crippen LogP contribution in [0.15, 0.2) is 42.7 Å². The number of hydrogen-bond acceptors (Lipinski definition) is 2. The topological polar surface area (TPSA) is 62.5 Å². The Hall–Kier alpha value is -2.07. The SMILES string of the molecule is CCCC(O)c1ccn(Cc2ccccc2CC(=O)O)c1. The van der Waals surface area contributed by atoms with E-state index in [1.54, 1.807) is 0 Å². The van der Waals surface area contributed by atoms with Gasteiger partial charge < -0.3 is 14.8 Å². The molecule has 1 unspecified atom stereocenters. The van der Waals surface area contributed by atoms with Crippen LogP contribution >= 0.6 is 0 Å². The van der Waals surface area contributed by atoms with Crippen LogP contribution in [0.1, 0.15) is 42.6 Å². The molecule has 21 heavy (non-hydrogen) atoms. The molecule has 0 fully saturated rings. The molecule has 0 aliphatic carbocycles. The van der Waals surface area contributed by atoms with E-state index in [1.165, 1.54) is 0 Å². The molecule has 112 valence electrons. The molecule has 1 heterocycles. The minimum absolute atomic E-state index is 0.0305. The van der Waals surface area contributed by atoms with Crippen molar-refractivity contribution in [1.82, 2.24) is 4.57 Å². The average Bonchev–Trinajstić information content (AvgIpc) is 2.89. The Morgan fingerprint density at radius 2 is 1.95 bits per heavy atom. The first-order valence-electron chi connectivity index (χ1n) is 7.22. The Balaban J connectivity index is 2.13. The van der Waals surface area contributed by atoms with Crippen molar-refractivity contribution in [2.45, 2.75) is 38.8 Å². The summed E-state index contributed by atoms with van der Waals surface area (Å²) in [5.41, 5.74) is 2.73. The molecule has 0 aliphatic heterocycles. The number of carbonyl (C=O) groups is 1. The lowest BCUT2D eigenvalue weighted by atomic mass is 10.0. The molecule has 0 bridgehead atoms. The molecular formula is C17H21NO3. The lowest BCUT2D eigenvalue weighted by molar-refractivity contribution is -0.136. The zero-order chi connectivity index (χ0) is 15.2. The number of rotatable bonds is 7. The van der Waals surface area contributed by atoms with Crippen molar-refractivity contribution in [3.05, 3.63) is 59.4 Å². The van der Waals surface area contributed by atoms with Crippen molar-refractivity contribution < 1.29 is 15.0 Å². The Morgan fingerprint density at radius 1 is 1.24 bits per heavy atom. The first-order chi connectivity index (χ1) is 10.1. The van der Waals surface area contributed by atoms with Gasteiger partial charge in [0.15, 0.2) is 0 Å². The van der Waals surface area contributed by atoms with Gasteiger partial charge in [0.2, 0.25) is 0 Å². The molecule has 1 atom stereocenters. The smallest absolute Gasteiger partial charge is 0.307 e. The van der Waals surface area contributed by atoms with Crippen LogP contribution in [0.5, 0.6) is 0 Å². The summed E-state index contributed by atoms with van der Waals surface area (Å²) in [5.74, 6) is -0.825. The molecule has 1 aromatic heterocycles. The second kappa shape index (κ2) is 7.09. The van der Waals surface area contributed by atoms with E-state index in [-0.39, 0.29) is 6.42 Å². The van der Waals surface area contributed by atoms with Gasteiger partial charge in [0.25, 0.3) is 0 Å². The summed E-state index contributed by atoms with van der Waals surface area (Å²) in [6.07, 6.45) is 5.14.